The summed E-state index contributed by atoms with van der Waals surface area (Å²) in [7, 11) is 0. The standard InChI is InChI=1S/C12H12N2O3/c13-8-4-5-9-14(10-15)12(16)17-11-6-2-1-3-7-11/h1-3,6-7,10H,4-5,9H2. The Morgan fingerprint density at radius 2 is 2.12 bits per heavy atom. The van der Waals surface area contributed by atoms with Gasteiger partial charge in [0.05, 0.1) is 6.07 Å². The van der Waals surface area contributed by atoms with E-state index >= 15 is 0 Å². The van der Waals surface area contributed by atoms with Crippen LogP contribution in [0.2, 0.25) is 0 Å². The number of carbonyl (C=O) groups is 2. The molecule has 5 nitrogen and oxygen atoms in total. The van der Waals surface area contributed by atoms with Gasteiger partial charge in [-0.1, -0.05) is 18.2 Å². The predicted octanol–water partition coefficient (Wildman–Crippen LogP) is 1.95. The van der Waals surface area contributed by atoms with Crippen molar-refractivity contribution in [3.63, 3.8) is 0 Å². The number of amides is 2. The van der Waals surface area contributed by atoms with E-state index < -0.39 is 6.09 Å². The van der Waals surface area contributed by atoms with Gasteiger partial charge in [0, 0.05) is 13.0 Å². The molecule has 1 rings (SSSR count). The molecule has 0 N–H and O–H groups in total. The molecular weight excluding hydrogens is 220 g/mol. The molecular formula is C12H12N2O3. The summed E-state index contributed by atoms with van der Waals surface area (Å²) >= 11 is 0. The minimum absolute atomic E-state index is 0.183. The number of unbranched alkanes of at least 4 members (excludes halogenated alkanes) is 1. The summed E-state index contributed by atoms with van der Waals surface area (Å²) in [5, 5.41) is 8.35. The largest absolute Gasteiger partial charge is 0.421 e. The Balaban J connectivity index is 2.50. The van der Waals surface area contributed by atoms with E-state index in [9.17, 15) is 9.59 Å². The third-order valence-electron chi connectivity index (χ3n) is 2.00. The third kappa shape index (κ3) is 4.34. The highest BCUT2D eigenvalue weighted by Gasteiger charge is 2.14. The van der Waals surface area contributed by atoms with Crippen LogP contribution in [0.25, 0.3) is 0 Å². The maximum Gasteiger partial charge on any atom is 0.421 e. The number of rotatable bonds is 5. The van der Waals surface area contributed by atoms with Crippen molar-refractivity contribution in [2.24, 2.45) is 0 Å². The number of hydrogen-bond donors (Lipinski definition) is 0. The Kier molecular flexibility index (Phi) is 5.25. The second kappa shape index (κ2) is 7.01. The van der Waals surface area contributed by atoms with Gasteiger partial charge in [-0.3, -0.25) is 4.79 Å². The number of nitrogens with zero attached hydrogens (tertiary/aromatic N) is 2. The molecule has 0 unspecified atom stereocenters. The van der Waals surface area contributed by atoms with E-state index in [0.717, 1.165) is 4.90 Å². The minimum atomic E-state index is -0.732. The van der Waals surface area contributed by atoms with Crippen LogP contribution in [0, 0.1) is 11.3 Å². The Hall–Kier alpha value is -2.35. The molecule has 0 heterocycles. The Bertz CT molecular complexity index is 412. The summed E-state index contributed by atoms with van der Waals surface area (Å²) in [6.45, 7) is 0.183. The van der Waals surface area contributed by atoms with Gasteiger partial charge < -0.3 is 4.74 Å². The summed E-state index contributed by atoms with van der Waals surface area (Å²) in [6, 6.07) is 10.4. The first-order valence-corrected chi connectivity index (χ1v) is 5.13. The number of imide groups is 1. The van der Waals surface area contributed by atoms with Crippen molar-refractivity contribution < 1.29 is 14.3 Å². The molecule has 1 aromatic rings. The lowest BCUT2D eigenvalue weighted by molar-refractivity contribution is -0.116. The second-order valence-electron chi connectivity index (χ2n) is 3.24. The van der Waals surface area contributed by atoms with E-state index in [2.05, 4.69) is 0 Å². The average Bonchev–Trinajstić information content (AvgIpc) is 2.36. The number of hydrogen-bond acceptors (Lipinski definition) is 4. The van der Waals surface area contributed by atoms with Crippen LogP contribution in [0.3, 0.4) is 0 Å². The molecule has 0 aliphatic heterocycles. The molecule has 2 amide bonds. The monoisotopic (exact) mass is 232 g/mol. The normalized spacial score (nSPS) is 9.12. The summed E-state index contributed by atoms with van der Waals surface area (Å²) in [4.78, 5) is 23.1. The van der Waals surface area contributed by atoms with Crippen molar-refractivity contribution in [3.8, 4) is 11.8 Å². The van der Waals surface area contributed by atoms with Crippen LogP contribution < -0.4 is 4.74 Å². The van der Waals surface area contributed by atoms with Gasteiger partial charge in [0.15, 0.2) is 0 Å². The van der Waals surface area contributed by atoms with Crippen LogP contribution in [0.1, 0.15) is 12.8 Å². The number of ether oxygens (including phenoxy) is 1. The van der Waals surface area contributed by atoms with Gasteiger partial charge in [-0.2, -0.15) is 5.26 Å². The number of para-hydroxylation sites is 1. The van der Waals surface area contributed by atoms with E-state index in [0.29, 0.717) is 25.0 Å². The van der Waals surface area contributed by atoms with Crippen LogP contribution in [0.4, 0.5) is 4.79 Å². The van der Waals surface area contributed by atoms with Gasteiger partial charge in [-0.25, -0.2) is 9.69 Å². The Labute approximate surface area is 99.2 Å². The smallest absolute Gasteiger partial charge is 0.410 e. The number of benzene rings is 1. The van der Waals surface area contributed by atoms with E-state index in [-0.39, 0.29) is 6.54 Å². The first-order valence-electron chi connectivity index (χ1n) is 5.13. The summed E-state index contributed by atoms with van der Waals surface area (Å²) in [5.74, 6) is 0.379. The van der Waals surface area contributed by atoms with Gasteiger partial charge in [0.2, 0.25) is 6.41 Å². The quantitative estimate of drug-likeness (QED) is 0.574. The molecule has 0 atom stereocenters. The zero-order valence-electron chi connectivity index (χ0n) is 9.20. The number of nitriles is 1. The van der Waals surface area contributed by atoms with Crippen molar-refractivity contribution in [2.45, 2.75) is 12.8 Å². The molecule has 5 heteroatoms. The Morgan fingerprint density at radius 1 is 1.41 bits per heavy atom. The first kappa shape index (κ1) is 12.7. The molecule has 0 radical (unpaired) electrons. The van der Waals surface area contributed by atoms with Gasteiger partial charge >= 0.3 is 6.09 Å². The molecule has 0 saturated carbocycles. The van der Waals surface area contributed by atoms with Gasteiger partial charge in [0.1, 0.15) is 5.75 Å². The zero-order valence-corrected chi connectivity index (χ0v) is 9.20. The topological polar surface area (TPSA) is 70.4 Å². The fourth-order valence-corrected chi connectivity index (χ4v) is 1.16. The lowest BCUT2D eigenvalue weighted by atomic mass is 10.3. The SMILES string of the molecule is N#CCCCN(C=O)C(=O)Oc1ccccc1. The van der Waals surface area contributed by atoms with Crippen molar-refractivity contribution in [1.29, 1.82) is 5.26 Å². The molecule has 17 heavy (non-hydrogen) atoms. The third-order valence-corrected chi connectivity index (χ3v) is 2.00. The van der Waals surface area contributed by atoms with Gasteiger partial charge in [-0.15, -0.1) is 0 Å². The minimum Gasteiger partial charge on any atom is -0.410 e. The van der Waals surface area contributed by atoms with Gasteiger partial charge in [0.25, 0.3) is 0 Å². The van der Waals surface area contributed by atoms with E-state index in [4.69, 9.17) is 10.00 Å². The molecule has 88 valence electrons. The molecule has 0 saturated heterocycles. The highest BCUT2D eigenvalue weighted by molar-refractivity contribution is 5.81. The van der Waals surface area contributed by atoms with E-state index in [1.807, 2.05) is 6.07 Å². The highest BCUT2D eigenvalue weighted by atomic mass is 16.6. The molecule has 0 fully saturated rings. The van der Waals surface area contributed by atoms with E-state index in [1.54, 1.807) is 30.3 Å². The summed E-state index contributed by atoms with van der Waals surface area (Å²) in [5.41, 5.74) is 0. The zero-order chi connectivity index (χ0) is 12.5. The fraction of sp³-hybridized carbons (Fsp3) is 0.250. The van der Waals surface area contributed by atoms with Crippen LogP contribution in [0.15, 0.2) is 30.3 Å². The molecule has 0 aliphatic rings. The second-order valence-corrected chi connectivity index (χ2v) is 3.24. The summed E-state index contributed by atoms with van der Waals surface area (Å²) in [6.07, 6.45) is 0.411. The van der Waals surface area contributed by atoms with Gasteiger partial charge in [-0.05, 0) is 18.6 Å². The molecule has 0 aromatic heterocycles. The van der Waals surface area contributed by atoms with Crippen molar-refractivity contribution in [2.75, 3.05) is 6.54 Å². The maximum atomic E-state index is 11.5. The van der Waals surface area contributed by atoms with Crippen LogP contribution in [-0.4, -0.2) is 23.9 Å². The highest BCUT2D eigenvalue weighted by Crippen LogP contribution is 2.09. The Morgan fingerprint density at radius 3 is 2.71 bits per heavy atom. The predicted molar refractivity (Wildman–Crippen MR) is 60.1 cm³/mol. The average molecular weight is 232 g/mol. The summed E-state index contributed by atoms with van der Waals surface area (Å²) < 4.78 is 4.97. The maximum absolute atomic E-state index is 11.5. The lowest BCUT2D eigenvalue weighted by Crippen LogP contribution is -2.33. The molecule has 0 bridgehead atoms. The first-order chi connectivity index (χ1) is 8.27. The molecule has 1 aromatic carbocycles. The van der Waals surface area contributed by atoms with Crippen molar-refractivity contribution in [1.82, 2.24) is 4.90 Å². The number of carbonyl (C=O) groups excluding carboxylic acids is 2. The van der Waals surface area contributed by atoms with Crippen LogP contribution in [-0.2, 0) is 4.79 Å². The van der Waals surface area contributed by atoms with Crippen LogP contribution in [0.5, 0.6) is 5.75 Å². The molecule has 0 aliphatic carbocycles. The fourth-order valence-electron chi connectivity index (χ4n) is 1.16. The van der Waals surface area contributed by atoms with E-state index in [1.165, 1.54) is 0 Å². The molecule has 0 spiro atoms. The van der Waals surface area contributed by atoms with Crippen molar-refractivity contribution >= 4 is 12.5 Å². The van der Waals surface area contributed by atoms with Crippen molar-refractivity contribution in [3.05, 3.63) is 30.3 Å². The lowest BCUT2D eigenvalue weighted by Gasteiger charge is -2.14. The van der Waals surface area contributed by atoms with Crippen LogP contribution >= 0.6 is 0 Å².